The number of halogens is 2. The van der Waals surface area contributed by atoms with Crippen molar-refractivity contribution in [2.45, 2.75) is 6.54 Å². The van der Waals surface area contributed by atoms with Crippen LogP contribution >= 0.6 is 22.6 Å². The summed E-state index contributed by atoms with van der Waals surface area (Å²) in [7, 11) is 0. The van der Waals surface area contributed by atoms with E-state index in [2.05, 4.69) is 27.9 Å². The van der Waals surface area contributed by atoms with E-state index in [-0.39, 0.29) is 5.82 Å². The van der Waals surface area contributed by atoms with Crippen molar-refractivity contribution in [3.63, 3.8) is 0 Å². The molecule has 0 saturated carbocycles. The number of hydrogen-bond donors (Lipinski definition) is 2. The summed E-state index contributed by atoms with van der Waals surface area (Å²) in [6.45, 7) is 0.299. The molecular formula is C14H12FIN2O. The predicted octanol–water partition coefficient (Wildman–Crippen LogP) is 3.14. The molecule has 98 valence electrons. The number of carbonyl (C=O) groups excluding carboxylic acids is 1. The zero-order valence-electron chi connectivity index (χ0n) is 9.99. The van der Waals surface area contributed by atoms with Crippen LogP contribution in [0.4, 0.5) is 10.1 Å². The first-order chi connectivity index (χ1) is 9.06. The first-order valence-corrected chi connectivity index (χ1v) is 6.72. The highest BCUT2D eigenvalue weighted by atomic mass is 127. The van der Waals surface area contributed by atoms with Crippen molar-refractivity contribution in [3.05, 3.63) is 63.0 Å². The summed E-state index contributed by atoms with van der Waals surface area (Å²) >= 11 is 2.21. The fourth-order valence-electron chi connectivity index (χ4n) is 1.63. The lowest BCUT2D eigenvalue weighted by Crippen LogP contribution is -2.12. The second-order valence-corrected chi connectivity index (χ2v) is 5.28. The lowest BCUT2D eigenvalue weighted by Gasteiger charge is -2.08. The molecule has 2 aromatic rings. The van der Waals surface area contributed by atoms with Gasteiger partial charge in [-0.15, -0.1) is 0 Å². The highest BCUT2D eigenvalue weighted by Crippen LogP contribution is 2.15. The van der Waals surface area contributed by atoms with Crippen molar-refractivity contribution in [1.82, 2.24) is 0 Å². The second kappa shape index (κ2) is 6.01. The van der Waals surface area contributed by atoms with Gasteiger partial charge in [0, 0.05) is 26.9 Å². The van der Waals surface area contributed by atoms with Crippen molar-refractivity contribution < 1.29 is 9.18 Å². The molecule has 2 rings (SSSR count). The fourth-order valence-corrected chi connectivity index (χ4v) is 1.99. The fraction of sp³-hybridized carbons (Fsp3) is 0.0714. The van der Waals surface area contributed by atoms with Gasteiger partial charge in [-0.05, 0) is 65.1 Å². The van der Waals surface area contributed by atoms with Crippen LogP contribution in [-0.2, 0) is 6.54 Å². The van der Waals surface area contributed by atoms with E-state index < -0.39 is 5.91 Å². The van der Waals surface area contributed by atoms with E-state index >= 15 is 0 Å². The van der Waals surface area contributed by atoms with Crippen LogP contribution in [0.1, 0.15) is 15.9 Å². The lowest BCUT2D eigenvalue weighted by molar-refractivity contribution is 0.1000. The molecule has 19 heavy (non-hydrogen) atoms. The Labute approximate surface area is 124 Å². The summed E-state index contributed by atoms with van der Waals surface area (Å²) in [5.74, 6) is -0.918. The summed E-state index contributed by atoms with van der Waals surface area (Å²) in [6, 6.07) is 11.8. The molecule has 3 nitrogen and oxygen atoms in total. The maximum Gasteiger partial charge on any atom is 0.248 e. The van der Waals surface area contributed by atoms with Crippen LogP contribution in [-0.4, -0.2) is 5.91 Å². The third kappa shape index (κ3) is 3.66. The standard InChI is InChI=1S/C14H12FIN2O/c15-13-6-1-9(14(17)19)7-10(13)8-18-12-4-2-11(16)3-5-12/h1-7,18H,8H2,(H2,17,19). The number of hydrogen-bond acceptors (Lipinski definition) is 2. The Balaban J connectivity index is 2.12. The Kier molecular flexibility index (Phi) is 4.36. The lowest BCUT2D eigenvalue weighted by atomic mass is 10.1. The SMILES string of the molecule is NC(=O)c1ccc(F)c(CNc2ccc(I)cc2)c1. The number of anilines is 1. The Hall–Kier alpha value is -1.63. The van der Waals surface area contributed by atoms with Gasteiger partial charge in [0.1, 0.15) is 5.82 Å². The van der Waals surface area contributed by atoms with Crippen LogP contribution < -0.4 is 11.1 Å². The van der Waals surface area contributed by atoms with Gasteiger partial charge in [-0.2, -0.15) is 0 Å². The zero-order chi connectivity index (χ0) is 13.8. The molecule has 5 heteroatoms. The Morgan fingerprint density at radius 2 is 1.89 bits per heavy atom. The van der Waals surface area contributed by atoms with E-state index in [0.717, 1.165) is 9.26 Å². The van der Waals surface area contributed by atoms with Crippen molar-refractivity contribution >= 4 is 34.2 Å². The van der Waals surface area contributed by atoms with Crippen LogP contribution in [0, 0.1) is 9.39 Å². The van der Waals surface area contributed by atoms with Gasteiger partial charge in [0.05, 0.1) is 0 Å². The summed E-state index contributed by atoms with van der Waals surface area (Å²) in [6.07, 6.45) is 0. The summed E-state index contributed by atoms with van der Waals surface area (Å²) in [5.41, 5.74) is 6.79. The molecule has 0 radical (unpaired) electrons. The number of amides is 1. The largest absolute Gasteiger partial charge is 0.381 e. The number of primary amides is 1. The van der Waals surface area contributed by atoms with Crippen LogP contribution in [0.25, 0.3) is 0 Å². The molecule has 0 saturated heterocycles. The topological polar surface area (TPSA) is 55.1 Å². The number of benzene rings is 2. The van der Waals surface area contributed by atoms with Gasteiger partial charge >= 0.3 is 0 Å². The summed E-state index contributed by atoms with van der Waals surface area (Å²) in [4.78, 5) is 11.1. The number of rotatable bonds is 4. The van der Waals surface area contributed by atoms with Gasteiger partial charge in [0.15, 0.2) is 0 Å². The summed E-state index contributed by atoms with van der Waals surface area (Å²) < 4.78 is 14.7. The molecule has 0 aromatic heterocycles. The average Bonchev–Trinajstić information content (AvgIpc) is 2.39. The predicted molar refractivity (Wildman–Crippen MR) is 81.4 cm³/mol. The molecule has 2 aromatic carbocycles. The van der Waals surface area contributed by atoms with Crippen molar-refractivity contribution in [2.24, 2.45) is 5.73 Å². The Morgan fingerprint density at radius 3 is 2.53 bits per heavy atom. The normalized spacial score (nSPS) is 10.2. The molecule has 0 atom stereocenters. The minimum atomic E-state index is -0.560. The molecular weight excluding hydrogens is 358 g/mol. The quantitative estimate of drug-likeness (QED) is 0.813. The molecule has 0 unspecified atom stereocenters. The first-order valence-electron chi connectivity index (χ1n) is 5.64. The summed E-state index contributed by atoms with van der Waals surface area (Å²) in [5, 5.41) is 3.10. The van der Waals surface area contributed by atoms with Crippen LogP contribution in [0.2, 0.25) is 0 Å². The molecule has 3 N–H and O–H groups in total. The second-order valence-electron chi connectivity index (χ2n) is 4.03. The van der Waals surface area contributed by atoms with Gasteiger partial charge in [0.2, 0.25) is 5.91 Å². The minimum Gasteiger partial charge on any atom is -0.381 e. The monoisotopic (exact) mass is 370 g/mol. The first kappa shape index (κ1) is 13.8. The van der Waals surface area contributed by atoms with Crippen LogP contribution in [0.5, 0.6) is 0 Å². The van der Waals surface area contributed by atoms with Crippen molar-refractivity contribution in [2.75, 3.05) is 5.32 Å². The highest BCUT2D eigenvalue weighted by Gasteiger charge is 2.07. The zero-order valence-corrected chi connectivity index (χ0v) is 12.1. The third-order valence-electron chi connectivity index (χ3n) is 2.66. The van der Waals surface area contributed by atoms with Gasteiger partial charge in [0.25, 0.3) is 0 Å². The minimum absolute atomic E-state index is 0.299. The maximum absolute atomic E-state index is 13.6. The molecule has 0 aliphatic heterocycles. The van der Waals surface area contributed by atoms with E-state index in [1.165, 1.54) is 18.2 Å². The number of nitrogens with two attached hydrogens (primary N) is 1. The average molecular weight is 370 g/mol. The van der Waals surface area contributed by atoms with E-state index in [9.17, 15) is 9.18 Å². The van der Waals surface area contributed by atoms with Gasteiger partial charge in [-0.3, -0.25) is 4.79 Å². The van der Waals surface area contributed by atoms with E-state index in [1.54, 1.807) is 0 Å². The number of nitrogens with one attached hydrogen (secondary N) is 1. The van der Waals surface area contributed by atoms with Crippen molar-refractivity contribution in [3.8, 4) is 0 Å². The molecule has 0 aliphatic rings. The van der Waals surface area contributed by atoms with E-state index in [0.29, 0.717) is 17.7 Å². The maximum atomic E-state index is 13.6. The molecule has 0 spiro atoms. The Bertz CT molecular complexity index is 599. The smallest absolute Gasteiger partial charge is 0.248 e. The highest BCUT2D eigenvalue weighted by molar-refractivity contribution is 14.1. The van der Waals surface area contributed by atoms with Gasteiger partial charge in [-0.25, -0.2) is 4.39 Å². The molecule has 0 aliphatic carbocycles. The molecule has 1 amide bonds. The van der Waals surface area contributed by atoms with E-state index in [1.807, 2.05) is 24.3 Å². The number of carbonyl (C=O) groups is 1. The van der Waals surface area contributed by atoms with Crippen LogP contribution in [0.15, 0.2) is 42.5 Å². The van der Waals surface area contributed by atoms with Crippen LogP contribution in [0.3, 0.4) is 0 Å². The molecule has 0 bridgehead atoms. The molecule has 0 heterocycles. The van der Waals surface area contributed by atoms with Gasteiger partial charge in [-0.1, -0.05) is 0 Å². The van der Waals surface area contributed by atoms with E-state index in [4.69, 9.17) is 5.73 Å². The third-order valence-corrected chi connectivity index (χ3v) is 3.38. The van der Waals surface area contributed by atoms with Gasteiger partial charge < -0.3 is 11.1 Å². The molecule has 0 fully saturated rings. The van der Waals surface area contributed by atoms with Crippen molar-refractivity contribution in [1.29, 1.82) is 0 Å². The Morgan fingerprint density at radius 1 is 1.21 bits per heavy atom.